The number of nitrogens with zero attached hydrogens (tertiary/aromatic N) is 1. The lowest BCUT2D eigenvalue weighted by Crippen LogP contribution is -2.36. The molecular weight excluding hydrogens is 356 g/mol. The number of amides is 1. The number of fused-ring (bicyclic) bond motifs is 2. The average Bonchev–Trinajstić information content (AvgIpc) is 3.06. The maximum absolute atomic E-state index is 12.5. The molecule has 28 heavy (non-hydrogen) atoms. The maximum Gasteiger partial charge on any atom is 0.420 e. The standard InChI is InChI=1S/C22H20N2O4/c1-15(24-18-10-4-5-11-20(18)28-22(24)26)21(25)23-13-14-27-19-12-6-8-16-7-2-3-9-17(16)19/h2-12,15H,13-14H2,1H3,(H,23,25). The second-order valence-electron chi connectivity index (χ2n) is 6.50. The van der Waals surface area contributed by atoms with E-state index >= 15 is 0 Å². The molecule has 0 aliphatic heterocycles. The molecule has 6 heteroatoms. The first-order chi connectivity index (χ1) is 13.6. The summed E-state index contributed by atoms with van der Waals surface area (Å²) in [6.07, 6.45) is 0. The number of benzene rings is 3. The van der Waals surface area contributed by atoms with Crippen LogP contribution in [0, 0.1) is 0 Å². The molecule has 0 fully saturated rings. The Bertz CT molecular complexity index is 1190. The molecule has 1 heterocycles. The fraction of sp³-hybridized carbons (Fsp3) is 0.182. The van der Waals surface area contributed by atoms with Crippen molar-refractivity contribution in [3.05, 3.63) is 77.3 Å². The van der Waals surface area contributed by atoms with Crippen LogP contribution in [0.5, 0.6) is 5.75 Å². The fourth-order valence-corrected chi connectivity index (χ4v) is 3.27. The molecule has 0 aliphatic rings. The first kappa shape index (κ1) is 17.9. The van der Waals surface area contributed by atoms with E-state index < -0.39 is 11.8 Å². The van der Waals surface area contributed by atoms with E-state index in [4.69, 9.17) is 9.15 Å². The summed E-state index contributed by atoms with van der Waals surface area (Å²) >= 11 is 0. The zero-order valence-electron chi connectivity index (χ0n) is 15.4. The Kier molecular flexibility index (Phi) is 4.85. The largest absolute Gasteiger partial charge is 0.491 e. The van der Waals surface area contributed by atoms with Crippen LogP contribution in [0.15, 0.2) is 75.9 Å². The lowest BCUT2D eigenvalue weighted by molar-refractivity contribution is -0.124. The molecule has 0 bridgehead atoms. The molecule has 0 radical (unpaired) electrons. The van der Waals surface area contributed by atoms with Crippen LogP contribution in [-0.2, 0) is 4.79 Å². The van der Waals surface area contributed by atoms with E-state index in [0.29, 0.717) is 24.3 Å². The van der Waals surface area contributed by atoms with Gasteiger partial charge in [-0.15, -0.1) is 0 Å². The molecular formula is C22H20N2O4. The van der Waals surface area contributed by atoms with Crippen LogP contribution in [0.1, 0.15) is 13.0 Å². The van der Waals surface area contributed by atoms with Gasteiger partial charge in [-0.05, 0) is 30.5 Å². The van der Waals surface area contributed by atoms with Gasteiger partial charge in [0.1, 0.15) is 18.4 Å². The third-order valence-corrected chi connectivity index (χ3v) is 4.69. The lowest BCUT2D eigenvalue weighted by atomic mass is 10.1. The van der Waals surface area contributed by atoms with Gasteiger partial charge in [-0.25, -0.2) is 4.79 Å². The number of carbonyl (C=O) groups excluding carboxylic acids is 1. The van der Waals surface area contributed by atoms with Gasteiger partial charge >= 0.3 is 5.76 Å². The smallest absolute Gasteiger partial charge is 0.420 e. The van der Waals surface area contributed by atoms with E-state index in [9.17, 15) is 9.59 Å². The summed E-state index contributed by atoms with van der Waals surface area (Å²) in [5, 5.41) is 4.95. The van der Waals surface area contributed by atoms with Crippen molar-refractivity contribution in [1.29, 1.82) is 0 Å². The van der Waals surface area contributed by atoms with Crippen molar-refractivity contribution >= 4 is 27.8 Å². The molecule has 6 nitrogen and oxygen atoms in total. The minimum absolute atomic E-state index is 0.268. The Morgan fingerprint density at radius 3 is 2.71 bits per heavy atom. The number of rotatable bonds is 6. The molecule has 0 saturated heterocycles. The van der Waals surface area contributed by atoms with Crippen molar-refractivity contribution in [1.82, 2.24) is 9.88 Å². The fourth-order valence-electron chi connectivity index (χ4n) is 3.27. The average molecular weight is 376 g/mol. The van der Waals surface area contributed by atoms with Crippen molar-refractivity contribution in [2.45, 2.75) is 13.0 Å². The Balaban J connectivity index is 1.39. The Labute approximate surface area is 161 Å². The van der Waals surface area contributed by atoms with Crippen LogP contribution in [-0.4, -0.2) is 23.6 Å². The molecule has 1 N–H and O–H groups in total. The quantitative estimate of drug-likeness (QED) is 0.523. The predicted octanol–water partition coefficient (Wildman–Crippen LogP) is 3.50. The number of aromatic nitrogens is 1. The third kappa shape index (κ3) is 3.36. The topological polar surface area (TPSA) is 73.5 Å². The Hall–Kier alpha value is -3.54. The number of para-hydroxylation sites is 2. The van der Waals surface area contributed by atoms with Crippen LogP contribution in [0.25, 0.3) is 21.9 Å². The van der Waals surface area contributed by atoms with E-state index in [1.165, 1.54) is 4.57 Å². The van der Waals surface area contributed by atoms with E-state index in [1.807, 2.05) is 42.5 Å². The molecule has 1 aromatic heterocycles. The number of hydrogen-bond donors (Lipinski definition) is 1. The first-order valence-electron chi connectivity index (χ1n) is 9.13. The molecule has 4 rings (SSSR count). The molecule has 1 atom stereocenters. The van der Waals surface area contributed by atoms with Gasteiger partial charge in [0.25, 0.3) is 0 Å². The monoisotopic (exact) mass is 376 g/mol. The van der Waals surface area contributed by atoms with Gasteiger partial charge in [-0.2, -0.15) is 0 Å². The first-order valence-corrected chi connectivity index (χ1v) is 9.13. The van der Waals surface area contributed by atoms with Crippen LogP contribution < -0.4 is 15.8 Å². The predicted molar refractivity (Wildman–Crippen MR) is 108 cm³/mol. The SMILES string of the molecule is CC(C(=O)NCCOc1cccc2ccccc12)n1c(=O)oc2ccccc21. The zero-order valence-corrected chi connectivity index (χ0v) is 15.4. The van der Waals surface area contributed by atoms with Gasteiger partial charge in [0, 0.05) is 5.39 Å². The van der Waals surface area contributed by atoms with Gasteiger partial charge in [0.2, 0.25) is 5.91 Å². The number of hydrogen-bond acceptors (Lipinski definition) is 4. The van der Waals surface area contributed by atoms with Crippen molar-refractivity contribution < 1.29 is 13.9 Å². The number of nitrogens with one attached hydrogen (secondary N) is 1. The minimum Gasteiger partial charge on any atom is -0.491 e. The number of carbonyl (C=O) groups is 1. The summed E-state index contributed by atoms with van der Waals surface area (Å²) in [4.78, 5) is 24.6. The normalized spacial score (nSPS) is 12.2. The molecule has 0 aliphatic carbocycles. The molecule has 0 spiro atoms. The third-order valence-electron chi connectivity index (χ3n) is 4.69. The number of ether oxygens (including phenoxy) is 1. The summed E-state index contributed by atoms with van der Waals surface area (Å²) in [5.41, 5.74) is 1.06. The summed E-state index contributed by atoms with van der Waals surface area (Å²) in [7, 11) is 0. The van der Waals surface area contributed by atoms with E-state index in [1.54, 1.807) is 31.2 Å². The van der Waals surface area contributed by atoms with Crippen LogP contribution in [0.3, 0.4) is 0 Å². The van der Waals surface area contributed by atoms with Crippen molar-refractivity contribution in [2.24, 2.45) is 0 Å². The van der Waals surface area contributed by atoms with E-state index in [0.717, 1.165) is 16.5 Å². The van der Waals surface area contributed by atoms with Gasteiger partial charge in [-0.3, -0.25) is 9.36 Å². The van der Waals surface area contributed by atoms with Gasteiger partial charge in [-0.1, -0.05) is 48.5 Å². The molecule has 0 saturated carbocycles. The molecule has 1 unspecified atom stereocenters. The van der Waals surface area contributed by atoms with Gasteiger partial charge in [0.15, 0.2) is 5.58 Å². The lowest BCUT2D eigenvalue weighted by Gasteiger charge is -2.14. The maximum atomic E-state index is 12.5. The number of oxazole rings is 1. The summed E-state index contributed by atoms with van der Waals surface area (Å²) in [6, 6.07) is 20.2. The van der Waals surface area contributed by atoms with Crippen molar-refractivity contribution in [2.75, 3.05) is 13.2 Å². The van der Waals surface area contributed by atoms with Crippen LogP contribution >= 0.6 is 0 Å². The van der Waals surface area contributed by atoms with Gasteiger partial charge in [0.05, 0.1) is 12.1 Å². The summed E-state index contributed by atoms with van der Waals surface area (Å²) in [6.45, 7) is 2.33. The van der Waals surface area contributed by atoms with Crippen LogP contribution in [0.2, 0.25) is 0 Å². The second-order valence-corrected chi connectivity index (χ2v) is 6.50. The van der Waals surface area contributed by atoms with Crippen molar-refractivity contribution in [3.8, 4) is 5.75 Å². The van der Waals surface area contributed by atoms with E-state index in [-0.39, 0.29) is 5.91 Å². The summed E-state index contributed by atoms with van der Waals surface area (Å²) in [5.74, 6) is -0.0385. The van der Waals surface area contributed by atoms with Crippen LogP contribution in [0.4, 0.5) is 0 Å². The summed E-state index contributed by atoms with van der Waals surface area (Å²) < 4.78 is 12.4. The molecule has 1 amide bonds. The minimum atomic E-state index is -0.686. The Morgan fingerprint density at radius 2 is 1.82 bits per heavy atom. The van der Waals surface area contributed by atoms with Gasteiger partial charge < -0.3 is 14.5 Å². The molecule has 142 valence electrons. The Morgan fingerprint density at radius 1 is 1.07 bits per heavy atom. The van der Waals surface area contributed by atoms with E-state index in [2.05, 4.69) is 5.32 Å². The highest BCUT2D eigenvalue weighted by Gasteiger charge is 2.20. The van der Waals surface area contributed by atoms with Crippen molar-refractivity contribution in [3.63, 3.8) is 0 Å². The highest BCUT2D eigenvalue weighted by Crippen LogP contribution is 2.25. The molecule has 3 aromatic carbocycles. The zero-order chi connectivity index (χ0) is 19.5. The molecule has 4 aromatic rings. The second kappa shape index (κ2) is 7.60. The highest BCUT2D eigenvalue weighted by atomic mass is 16.5. The highest BCUT2D eigenvalue weighted by molar-refractivity contribution is 5.88.